The molecule has 178 valence electrons. The lowest BCUT2D eigenvalue weighted by Crippen LogP contribution is -2.43. The van der Waals surface area contributed by atoms with E-state index in [-0.39, 0.29) is 30.3 Å². The van der Waals surface area contributed by atoms with E-state index in [1.165, 1.54) is 0 Å². The zero-order valence-corrected chi connectivity index (χ0v) is 19.9. The molecular weight excluding hydrogens is 432 g/mol. The summed E-state index contributed by atoms with van der Waals surface area (Å²) < 4.78 is 12.4. The summed E-state index contributed by atoms with van der Waals surface area (Å²) in [4.78, 5) is 32.0. The summed E-state index contributed by atoms with van der Waals surface area (Å²) in [5.74, 6) is 1.62. The van der Waals surface area contributed by atoms with E-state index >= 15 is 0 Å². The third-order valence-electron chi connectivity index (χ3n) is 5.82. The number of hydrogen-bond acceptors (Lipinski definition) is 5. The quantitative estimate of drug-likeness (QED) is 0.517. The summed E-state index contributed by atoms with van der Waals surface area (Å²) >= 11 is 0. The van der Waals surface area contributed by atoms with Crippen molar-refractivity contribution in [1.82, 2.24) is 14.5 Å². The SMILES string of the molecule is COc1ccc(-n2cc(-c3cccc(OC)c3)nc2NC(=O)CN(C(=O)C2CC2)C(C)C)cc1. The molecule has 1 saturated carbocycles. The minimum Gasteiger partial charge on any atom is -0.497 e. The van der Waals surface area contributed by atoms with E-state index in [0.29, 0.717) is 17.4 Å². The Morgan fingerprint density at radius 1 is 1.09 bits per heavy atom. The number of nitrogens with one attached hydrogen (secondary N) is 1. The number of anilines is 1. The largest absolute Gasteiger partial charge is 0.497 e. The van der Waals surface area contributed by atoms with Crippen LogP contribution in [0.4, 0.5) is 5.95 Å². The van der Waals surface area contributed by atoms with Gasteiger partial charge in [-0.05, 0) is 63.1 Å². The molecule has 1 aliphatic rings. The summed E-state index contributed by atoms with van der Waals surface area (Å²) in [6.45, 7) is 3.83. The van der Waals surface area contributed by atoms with Crippen molar-refractivity contribution in [1.29, 1.82) is 0 Å². The van der Waals surface area contributed by atoms with Gasteiger partial charge in [0, 0.05) is 29.4 Å². The smallest absolute Gasteiger partial charge is 0.246 e. The Bertz CT molecular complexity index is 1170. The number of imidazole rings is 1. The molecule has 8 nitrogen and oxygen atoms in total. The fourth-order valence-electron chi connectivity index (χ4n) is 3.73. The Balaban J connectivity index is 1.64. The fraction of sp³-hybridized carbons (Fsp3) is 0.346. The average Bonchev–Trinajstić information content (AvgIpc) is 3.62. The second kappa shape index (κ2) is 9.99. The number of aromatic nitrogens is 2. The number of carbonyl (C=O) groups excluding carboxylic acids is 2. The molecule has 1 aliphatic carbocycles. The topological polar surface area (TPSA) is 85.7 Å². The van der Waals surface area contributed by atoms with Crippen LogP contribution in [0.1, 0.15) is 26.7 Å². The number of methoxy groups -OCH3 is 2. The van der Waals surface area contributed by atoms with Crippen LogP contribution in [0, 0.1) is 5.92 Å². The molecular formula is C26H30N4O4. The van der Waals surface area contributed by atoms with Crippen molar-refractivity contribution in [3.05, 3.63) is 54.7 Å². The van der Waals surface area contributed by atoms with Crippen molar-refractivity contribution in [3.63, 3.8) is 0 Å². The van der Waals surface area contributed by atoms with Gasteiger partial charge < -0.3 is 14.4 Å². The number of nitrogens with zero attached hydrogens (tertiary/aromatic N) is 3. The highest BCUT2D eigenvalue weighted by Crippen LogP contribution is 2.32. The van der Waals surface area contributed by atoms with Crippen molar-refractivity contribution in [3.8, 4) is 28.4 Å². The summed E-state index contributed by atoms with van der Waals surface area (Å²) in [5.41, 5.74) is 2.35. The normalized spacial score (nSPS) is 13.0. The molecule has 1 heterocycles. The van der Waals surface area contributed by atoms with E-state index < -0.39 is 0 Å². The zero-order chi connectivity index (χ0) is 24.2. The first-order valence-corrected chi connectivity index (χ1v) is 11.4. The molecule has 0 radical (unpaired) electrons. The van der Waals surface area contributed by atoms with Crippen LogP contribution < -0.4 is 14.8 Å². The van der Waals surface area contributed by atoms with Gasteiger partial charge in [0.15, 0.2) is 0 Å². The number of amides is 2. The minimum atomic E-state index is -0.291. The van der Waals surface area contributed by atoms with Crippen molar-refractivity contribution in [2.24, 2.45) is 5.92 Å². The molecule has 8 heteroatoms. The molecule has 34 heavy (non-hydrogen) atoms. The number of rotatable bonds is 9. The molecule has 1 fully saturated rings. The lowest BCUT2D eigenvalue weighted by molar-refractivity contribution is -0.137. The standard InChI is InChI=1S/C26H30N4O4/c1-17(2)29(25(32)18-8-9-18)16-24(31)28-26-27-23(19-6-5-7-22(14-19)34-4)15-30(26)20-10-12-21(33-3)13-11-20/h5-7,10-15,17-18H,8-9,16H2,1-4H3,(H,27,28,31). The summed E-state index contributed by atoms with van der Waals surface area (Å²) in [6, 6.07) is 15.0. The molecule has 1 aromatic heterocycles. The molecule has 0 aliphatic heterocycles. The number of hydrogen-bond donors (Lipinski definition) is 1. The van der Waals surface area contributed by atoms with Gasteiger partial charge in [0.05, 0.1) is 19.9 Å². The second-order valence-electron chi connectivity index (χ2n) is 8.63. The summed E-state index contributed by atoms with van der Waals surface area (Å²) in [6.07, 6.45) is 3.66. The molecule has 1 N–H and O–H groups in total. The summed E-state index contributed by atoms with van der Waals surface area (Å²) in [5, 5.41) is 2.91. The Labute approximate surface area is 199 Å². The molecule has 2 amide bonds. The second-order valence-corrected chi connectivity index (χ2v) is 8.63. The Morgan fingerprint density at radius 3 is 2.41 bits per heavy atom. The van der Waals surface area contributed by atoms with Crippen LogP contribution in [-0.4, -0.2) is 53.1 Å². The molecule has 3 aromatic rings. The van der Waals surface area contributed by atoms with Crippen molar-refractivity contribution >= 4 is 17.8 Å². The van der Waals surface area contributed by atoms with Gasteiger partial charge in [0.2, 0.25) is 17.8 Å². The van der Waals surface area contributed by atoms with E-state index in [2.05, 4.69) is 5.32 Å². The van der Waals surface area contributed by atoms with Crippen molar-refractivity contribution in [2.75, 3.05) is 26.1 Å². The van der Waals surface area contributed by atoms with Crippen LogP contribution in [0.15, 0.2) is 54.7 Å². The molecule has 0 bridgehead atoms. The highest BCUT2D eigenvalue weighted by Gasteiger charge is 2.35. The highest BCUT2D eigenvalue weighted by atomic mass is 16.5. The van der Waals surface area contributed by atoms with E-state index in [9.17, 15) is 9.59 Å². The maximum Gasteiger partial charge on any atom is 0.246 e. The predicted molar refractivity (Wildman–Crippen MR) is 130 cm³/mol. The van der Waals surface area contributed by atoms with Gasteiger partial charge in [-0.15, -0.1) is 0 Å². The first kappa shape index (κ1) is 23.4. The molecule has 0 unspecified atom stereocenters. The molecule has 0 atom stereocenters. The fourth-order valence-corrected chi connectivity index (χ4v) is 3.73. The summed E-state index contributed by atoms with van der Waals surface area (Å²) in [7, 11) is 3.23. The van der Waals surface area contributed by atoms with Crippen LogP contribution >= 0.6 is 0 Å². The molecule has 2 aromatic carbocycles. The maximum atomic E-state index is 13.0. The first-order chi connectivity index (χ1) is 16.4. The van der Waals surface area contributed by atoms with Crippen molar-refractivity contribution < 1.29 is 19.1 Å². The van der Waals surface area contributed by atoms with Gasteiger partial charge in [0.25, 0.3) is 0 Å². The lowest BCUT2D eigenvalue weighted by Gasteiger charge is -2.26. The van der Waals surface area contributed by atoms with Gasteiger partial charge in [-0.1, -0.05) is 12.1 Å². The van der Waals surface area contributed by atoms with Crippen LogP contribution in [0.5, 0.6) is 11.5 Å². The molecule has 0 saturated heterocycles. The minimum absolute atomic E-state index is 0.0169. The number of carbonyl (C=O) groups is 2. The van der Waals surface area contributed by atoms with E-state index in [4.69, 9.17) is 14.5 Å². The van der Waals surface area contributed by atoms with Gasteiger partial charge in [0.1, 0.15) is 18.0 Å². The van der Waals surface area contributed by atoms with Gasteiger partial charge >= 0.3 is 0 Å². The van der Waals surface area contributed by atoms with E-state index in [1.54, 1.807) is 19.1 Å². The van der Waals surface area contributed by atoms with Crippen molar-refractivity contribution in [2.45, 2.75) is 32.7 Å². The zero-order valence-electron chi connectivity index (χ0n) is 19.9. The monoisotopic (exact) mass is 462 g/mol. The Hall–Kier alpha value is -3.81. The van der Waals surface area contributed by atoms with Gasteiger partial charge in [-0.25, -0.2) is 4.98 Å². The van der Waals surface area contributed by atoms with Gasteiger partial charge in [-0.3, -0.25) is 19.5 Å². The van der Waals surface area contributed by atoms with E-state index in [0.717, 1.165) is 29.8 Å². The Morgan fingerprint density at radius 2 is 1.79 bits per heavy atom. The lowest BCUT2D eigenvalue weighted by atomic mass is 10.1. The first-order valence-electron chi connectivity index (χ1n) is 11.4. The third kappa shape index (κ3) is 5.22. The van der Waals surface area contributed by atoms with E-state index in [1.807, 2.05) is 73.1 Å². The van der Waals surface area contributed by atoms with Crippen LogP contribution in [0.25, 0.3) is 16.9 Å². The Kier molecular flexibility index (Phi) is 6.86. The number of ether oxygens (including phenoxy) is 2. The molecule has 4 rings (SSSR count). The van der Waals surface area contributed by atoms with Gasteiger partial charge in [-0.2, -0.15) is 0 Å². The highest BCUT2D eigenvalue weighted by molar-refractivity contribution is 5.94. The average molecular weight is 463 g/mol. The predicted octanol–water partition coefficient (Wildman–Crippen LogP) is 4.14. The van der Waals surface area contributed by atoms with Crippen LogP contribution in [0.3, 0.4) is 0 Å². The maximum absolute atomic E-state index is 13.0. The van der Waals surface area contributed by atoms with Crippen LogP contribution in [-0.2, 0) is 9.59 Å². The third-order valence-corrected chi connectivity index (χ3v) is 5.82. The van der Waals surface area contributed by atoms with Crippen LogP contribution in [0.2, 0.25) is 0 Å². The molecule has 0 spiro atoms. The number of benzene rings is 2.